The molecule has 1 N–H and O–H groups in total. The van der Waals surface area contributed by atoms with Crippen molar-refractivity contribution in [2.24, 2.45) is 0 Å². The lowest BCUT2D eigenvalue weighted by atomic mass is 9.95. The molecule has 0 spiro atoms. The topological polar surface area (TPSA) is 89.0 Å². The predicted molar refractivity (Wildman–Crippen MR) is 130 cm³/mol. The van der Waals surface area contributed by atoms with Gasteiger partial charge in [0.1, 0.15) is 17.3 Å². The molecule has 2 aromatic carbocycles. The van der Waals surface area contributed by atoms with Crippen molar-refractivity contribution in [2.75, 3.05) is 19.1 Å². The van der Waals surface area contributed by atoms with Gasteiger partial charge in [0.2, 0.25) is 0 Å². The summed E-state index contributed by atoms with van der Waals surface area (Å²) in [6.45, 7) is 1.79. The number of aliphatic hydroxyl groups excluding tert-OH is 1. The Labute approximate surface area is 206 Å². The van der Waals surface area contributed by atoms with E-state index < -0.39 is 23.5 Å². The number of hydrogen-bond donors (Lipinski definition) is 1. The van der Waals surface area contributed by atoms with E-state index in [1.807, 2.05) is 0 Å². The van der Waals surface area contributed by atoms with Crippen LogP contribution in [0.1, 0.15) is 22.7 Å². The maximum absolute atomic E-state index is 13.3. The molecule has 1 aliphatic rings. The SMILES string of the molecule is COc1cc(/C(O)=C2\C(=O)C(=O)N(c3ccc(Cl)cc3C)C2c2ccncc2)c(OC)cc1Cl. The van der Waals surface area contributed by atoms with E-state index in [9.17, 15) is 14.7 Å². The molecule has 9 heteroatoms. The summed E-state index contributed by atoms with van der Waals surface area (Å²) >= 11 is 12.3. The minimum Gasteiger partial charge on any atom is -0.507 e. The summed E-state index contributed by atoms with van der Waals surface area (Å²) < 4.78 is 10.7. The van der Waals surface area contributed by atoms with E-state index in [0.717, 1.165) is 0 Å². The number of methoxy groups -OCH3 is 2. The van der Waals surface area contributed by atoms with Gasteiger partial charge in [0.05, 0.1) is 36.4 Å². The summed E-state index contributed by atoms with van der Waals surface area (Å²) in [5, 5.41) is 12.2. The zero-order chi connectivity index (χ0) is 24.6. The second-order valence-corrected chi connectivity index (χ2v) is 8.41. The monoisotopic (exact) mass is 498 g/mol. The number of halogens is 2. The molecule has 1 aliphatic heterocycles. The van der Waals surface area contributed by atoms with Crippen LogP contribution < -0.4 is 14.4 Å². The Balaban J connectivity index is 2.01. The van der Waals surface area contributed by atoms with Crippen LogP contribution in [0.25, 0.3) is 5.76 Å². The number of aryl methyl sites for hydroxylation is 1. The van der Waals surface area contributed by atoms with Gasteiger partial charge in [0, 0.05) is 29.2 Å². The van der Waals surface area contributed by atoms with Gasteiger partial charge in [-0.15, -0.1) is 0 Å². The average molecular weight is 499 g/mol. The first kappa shape index (κ1) is 23.6. The number of Topliss-reactive ketones (excluding diaryl/α,β-unsaturated/α-hetero) is 1. The van der Waals surface area contributed by atoms with E-state index in [4.69, 9.17) is 32.7 Å². The van der Waals surface area contributed by atoms with Gasteiger partial charge in [-0.25, -0.2) is 0 Å². The third-order valence-corrected chi connectivity index (χ3v) is 6.14. The highest BCUT2D eigenvalue weighted by Crippen LogP contribution is 2.45. The molecule has 1 amide bonds. The summed E-state index contributed by atoms with van der Waals surface area (Å²) in [6.07, 6.45) is 3.10. The average Bonchev–Trinajstić information content (AvgIpc) is 3.09. The Bertz CT molecular complexity index is 1320. The summed E-state index contributed by atoms with van der Waals surface area (Å²) in [6, 6.07) is 10.4. The Hall–Kier alpha value is -3.55. The maximum atomic E-state index is 13.3. The van der Waals surface area contributed by atoms with Crippen molar-refractivity contribution in [1.82, 2.24) is 4.98 Å². The molecule has 3 aromatic rings. The number of ketones is 1. The Morgan fingerprint density at radius 3 is 2.29 bits per heavy atom. The van der Waals surface area contributed by atoms with Gasteiger partial charge in [0.25, 0.3) is 11.7 Å². The molecular formula is C25H20Cl2N2O5. The standard InChI is InChI=1S/C25H20Cl2N2O5/c1-13-10-15(26)4-5-18(13)29-22(14-6-8-28-9-7-14)21(24(31)25(29)32)23(30)16-11-20(34-3)17(27)12-19(16)33-2/h4-12,22,30H,1-3H3/b23-21+. The lowest BCUT2D eigenvalue weighted by Gasteiger charge is -2.27. The molecule has 1 unspecified atom stereocenters. The molecule has 0 saturated carbocycles. The van der Waals surface area contributed by atoms with Crippen LogP contribution in [0.5, 0.6) is 11.5 Å². The van der Waals surface area contributed by atoms with Crippen molar-refractivity contribution < 1.29 is 24.2 Å². The first-order valence-electron chi connectivity index (χ1n) is 10.2. The third kappa shape index (κ3) is 3.97. The molecule has 7 nitrogen and oxygen atoms in total. The van der Waals surface area contributed by atoms with Crippen molar-refractivity contribution in [2.45, 2.75) is 13.0 Å². The van der Waals surface area contributed by atoms with Crippen molar-refractivity contribution >= 4 is 46.3 Å². The van der Waals surface area contributed by atoms with Crippen molar-refractivity contribution in [3.63, 3.8) is 0 Å². The molecule has 1 atom stereocenters. The van der Waals surface area contributed by atoms with Crippen LogP contribution in [-0.4, -0.2) is 36.0 Å². The molecule has 174 valence electrons. The Kier molecular flexibility index (Phi) is 6.50. The molecular weight excluding hydrogens is 479 g/mol. The molecule has 34 heavy (non-hydrogen) atoms. The van der Waals surface area contributed by atoms with E-state index in [0.29, 0.717) is 21.8 Å². The molecule has 0 aliphatic carbocycles. The van der Waals surface area contributed by atoms with Crippen LogP contribution in [-0.2, 0) is 9.59 Å². The molecule has 0 radical (unpaired) electrons. The van der Waals surface area contributed by atoms with E-state index in [-0.39, 0.29) is 27.7 Å². The first-order valence-corrected chi connectivity index (χ1v) is 10.9. The largest absolute Gasteiger partial charge is 0.507 e. The smallest absolute Gasteiger partial charge is 0.300 e. The number of nitrogens with zero attached hydrogens (tertiary/aromatic N) is 2. The highest BCUT2D eigenvalue weighted by atomic mass is 35.5. The van der Waals surface area contributed by atoms with Crippen molar-refractivity contribution in [3.8, 4) is 11.5 Å². The first-order chi connectivity index (χ1) is 16.3. The van der Waals surface area contributed by atoms with Crippen LogP contribution >= 0.6 is 23.2 Å². The van der Waals surface area contributed by atoms with Gasteiger partial charge in [-0.1, -0.05) is 23.2 Å². The predicted octanol–water partition coefficient (Wildman–Crippen LogP) is 5.34. The second kappa shape index (κ2) is 9.37. The summed E-state index contributed by atoms with van der Waals surface area (Å²) in [5.41, 5.74) is 1.83. The summed E-state index contributed by atoms with van der Waals surface area (Å²) in [5.74, 6) is -1.56. The third-order valence-electron chi connectivity index (χ3n) is 5.61. The molecule has 2 heterocycles. The quantitative estimate of drug-likeness (QED) is 0.290. The number of ether oxygens (including phenoxy) is 2. The maximum Gasteiger partial charge on any atom is 0.300 e. The highest BCUT2D eigenvalue weighted by molar-refractivity contribution is 6.52. The van der Waals surface area contributed by atoms with Crippen LogP contribution in [0.2, 0.25) is 10.0 Å². The number of hydrogen-bond acceptors (Lipinski definition) is 6. The summed E-state index contributed by atoms with van der Waals surface area (Å²) in [7, 11) is 2.83. The number of carbonyl (C=O) groups is 2. The fourth-order valence-electron chi connectivity index (χ4n) is 4.02. The number of amides is 1. The minimum absolute atomic E-state index is 0.103. The molecule has 1 aromatic heterocycles. The van der Waals surface area contributed by atoms with E-state index >= 15 is 0 Å². The number of aliphatic hydroxyl groups is 1. The lowest BCUT2D eigenvalue weighted by molar-refractivity contribution is -0.132. The van der Waals surface area contributed by atoms with Crippen LogP contribution in [0, 0.1) is 6.92 Å². The number of benzene rings is 2. The van der Waals surface area contributed by atoms with E-state index in [1.165, 1.54) is 31.3 Å². The normalized spacial score (nSPS) is 17.2. The van der Waals surface area contributed by atoms with E-state index in [2.05, 4.69) is 4.98 Å². The molecule has 1 saturated heterocycles. The van der Waals surface area contributed by atoms with E-state index in [1.54, 1.807) is 49.6 Å². The van der Waals surface area contributed by atoms with Gasteiger partial charge >= 0.3 is 0 Å². The van der Waals surface area contributed by atoms with Gasteiger partial charge in [-0.05, 0) is 54.4 Å². The van der Waals surface area contributed by atoms with Crippen LogP contribution in [0.15, 0.2) is 60.4 Å². The van der Waals surface area contributed by atoms with Gasteiger partial charge in [-0.3, -0.25) is 19.5 Å². The number of aromatic nitrogens is 1. The zero-order valence-electron chi connectivity index (χ0n) is 18.5. The van der Waals surface area contributed by atoms with Crippen molar-refractivity contribution in [1.29, 1.82) is 0 Å². The number of pyridine rings is 1. The number of anilines is 1. The summed E-state index contributed by atoms with van der Waals surface area (Å²) in [4.78, 5) is 32.0. The Morgan fingerprint density at radius 2 is 1.68 bits per heavy atom. The van der Waals surface area contributed by atoms with Crippen molar-refractivity contribution in [3.05, 3.63) is 87.2 Å². The fraction of sp³-hybridized carbons (Fsp3) is 0.160. The number of rotatable bonds is 5. The lowest BCUT2D eigenvalue weighted by Crippen LogP contribution is -2.30. The fourth-order valence-corrected chi connectivity index (χ4v) is 4.48. The highest BCUT2D eigenvalue weighted by Gasteiger charge is 2.47. The zero-order valence-corrected chi connectivity index (χ0v) is 20.0. The van der Waals surface area contributed by atoms with Gasteiger partial charge < -0.3 is 14.6 Å². The molecule has 4 rings (SSSR count). The van der Waals surface area contributed by atoms with Crippen LogP contribution in [0.3, 0.4) is 0 Å². The van der Waals surface area contributed by atoms with Gasteiger partial charge in [0.15, 0.2) is 0 Å². The number of carbonyl (C=O) groups excluding carboxylic acids is 2. The molecule has 1 fully saturated rings. The Morgan fingerprint density at radius 1 is 1.00 bits per heavy atom. The van der Waals surface area contributed by atoms with Crippen LogP contribution in [0.4, 0.5) is 5.69 Å². The minimum atomic E-state index is -0.922. The van der Waals surface area contributed by atoms with Gasteiger partial charge in [-0.2, -0.15) is 0 Å². The molecule has 0 bridgehead atoms. The second-order valence-electron chi connectivity index (χ2n) is 7.57.